The van der Waals surface area contributed by atoms with Crippen molar-refractivity contribution < 1.29 is 14.4 Å². The van der Waals surface area contributed by atoms with Crippen molar-refractivity contribution >= 4 is 29.2 Å². The van der Waals surface area contributed by atoms with Crippen LogP contribution < -0.4 is 21.3 Å². The predicted octanol–water partition coefficient (Wildman–Crippen LogP) is 4.53. The SMILES string of the molecule is Cc1ccc(NC(=O)NC2(C(C(N)=O)c3ccc(C)cc3)C(=O)N(Cc3ccncc3)c3ccccc32)cc1. The number of nitrogens with zero attached hydrogens (tertiary/aromatic N) is 2. The molecule has 4 amide bonds. The number of aromatic nitrogens is 1. The summed E-state index contributed by atoms with van der Waals surface area (Å²) in [4.78, 5) is 47.0. The quantitative estimate of drug-likeness (QED) is 0.332. The number of hydrogen-bond donors (Lipinski definition) is 3. The molecule has 0 saturated carbocycles. The maximum atomic E-state index is 14.6. The Labute approximate surface area is 226 Å². The number of carbonyl (C=O) groups is 3. The number of carbonyl (C=O) groups excluding carboxylic acids is 3. The summed E-state index contributed by atoms with van der Waals surface area (Å²) in [5.41, 5.74) is 9.28. The third kappa shape index (κ3) is 4.84. The molecular formula is C31H29N5O3. The van der Waals surface area contributed by atoms with Crippen LogP contribution in [0.3, 0.4) is 0 Å². The molecule has 1 aromatic heterocycles. The van der Waals surface area contributed by atoms with Crippen molar-refractivity contribution in [3.63, 3.8) is 0 Å². The highest BCUT2D eigenvalue weighted by Gasteiger charge is 2.59. The van der Waals surface area contributed by atoms with Gasteiger partial charge >= 0.3 is 6.03 Å². The van der Waals surface area contributed by atoms with Gasteiger partial charge in [0.25, 0.3) is 5.91 Å². The number of fused-ring (bicyclic) bond motifs is 1. The largest absolute Gasteiger partial charge is 0.369 e. The van der Waals surface area contributed by atoms with E-state index in [0.29, 0.717) is 22.5 Å². The summed E-state index contributed by atoms with van der Waals surface area (Å²) in [5, 5.41) is 5.73. The molecule has 0 fully saturated rings. The molecule has 5 rings (SSSR count). The number of nitrogens with one attached hydrogen (secondary N) is 2. The molecule has 1 aliphatic rings. The number of amides is 4. The van der Waals surface area contributed by atoms with Crippen LogP contribution in [0.5, 0.6) is 0 Å². The molecule has 0 saturated heterocycles. The van der Waals surface area contributed by atoms with Gasteiger partial charge in [-0.15, -0.1) is 0 Å². The van der Waals surface area contributed by atoms with Gasteiger partial charge in [0, 0.05) is 23.6 Å². The Hall–Kier alpha value is -4.98. The second kappa shape index (κ2) is 10.4. The molecule has 2 unspecified atom stereocenters. The number of primary amides is 1. The minimum atomic E-state index is -1.79. The summed E-state index contributed by atoms with van der Waals surface area (Å²) in [6.45, 7) is 4.10. The van der Waals surface area contributed by atoms with Crippen LogP contribution in [-0.4, -0.2) is 22.8 Å². The number of urea groups is 1. The standard InChI is InChI=1S/C31H29N5O3/c1-20-7-11-23(12-8-20)27(28(32)37)31(35-30(39)34-24-13-9-21(2)10-14-24)25-5-3-4-6-26(25)36(29(31)38)19-22-15-17-33-18-16-22/h3-18,27H,19H2,1-2H3,(H2,32,37)(H2,34,35,39). The summed E-state index contributed by atoms with van der Waals surface area (Å²) in [5.74, 6) is -2.37. The molecule has 4 N–H and O–H groups in total. The first-order valence-corrected chi connectivity index (χ1v) is 12.6. The Kier molecular flexibility index (Phi) is 6.85. The van der Waals surface area contributed by atoms with Crippen LogP contribution in [-0.2, 0) is 21.7 Å². The van der Waals surface area contributed by atoms with Crippen molar-refractivity contribution in [2.24, 2.45) is 5.73 Å². The average Bonchev–Trinajstić information content (AvgIpc) is 3.15. The molecule has 2 atom stereocenters. The van der Waals surface area contributed by atoms with Gasteiger partial charge in [0.05, 0.1) is 18.2 Å². The van der Waals surface area contributed by atoms with Crippen LogP contribution in [0.1, 0.15) is 33.7 Å². The molecule has 0 radical (unpaired) electrons. The van der Waals surface area contributed by atoms with Gasteiger partial charge in [-0.25, -0.2) is 4.79 Å². The van der Waals surface area contributed by atoms with Gasteiger partial charge in [0.1, 0.15) is 0 Å². The Balaban J connectivity index is 1.65. The van der Waals surface area contributed by atoms with E-state index in [9.17, 15) is 14.4 Å². The molecule has 1 aliphatic heterocycles. The van der Waals surface area contributed by atoms with E-state index in [4.69, 9.17) is 5.73 Å². The Bertz CT molecular complexity index is 1520. The topological polar surface area (TPSA) is 117 Å². The molecule has 39 heavy (non-hydrogen) atoms. The molecule has 196 valence electrons. The van der Waals surface area contributed by atoms with E-state index < -0.39 is 29.3 Å². The number of aryl methyl sites for hydroxylation is 2. The smallest absolute Gasteiger partial charge is 0.320 e. The number of anilines is 2. The summed E-state index contributed by atoms with van der Waals surface area (Å²) in [6, 6.07) is 24.7. The van der Waals surface area contributed by atoms with Gasteiger partial charge in [-0.05, 0) is 55.3 Å². The fraction of sp³-hybridized carbons (Fsp3) is 0.161. The Morgan fingerprint density at radius 3 is 2.15 bits per heavy atom. The van der Waals surface area contributed by atoms with Gasteiger partial charge < -0.3 is 21.3 Å². The zero-order chi connectivity index (χ0) is 27.6. The fourth-order valence-corrected chi connectivity index (χ4v) is 5.14. The molecule has 0 bridgehead atoms. The van der Waals surface area contributed by atoms with Crippen molar-refractivity contribution in [2.75, 3.05) is 10.2 Å². The molecule has 0 aliphatic carbocycles. The minimum absolute atomic E-state index is 0.223. The predicted molar refractivity (Wildman–Crippen MR) is 150 cm³/mol. The number of hydrogen-bond acceptors (Lipinski definition) is 4. The number of pyridine rings is 1. The van der Waals surface area contributed by atoms with Gasteiger partial charge in [0.15, 0.2) is 5.54 Å². The van der Waals surface area contributed by atoms with E-state index in [0.717, 1.165) is 16.7 Å². The van der Waals surface area contributed by atoms with Crippen LogP contribution in [0.25, 0.3) is 0 Å². The zero-order valence-corrected chi connectivity index (χ0v) is 21.7. The maximum absolute atomic E-state index is 14.6. The molecule has 4 aromatic rings. The molecule has 0 spiro atoms. The average molecular weight is 520 g/mol. The second-order valence-corrected chi connectivity index (χ2v) is 9.76. The van der Waals surface area contributed by atoms with Crippen LogP contribution >= 0.6 is 0 Å². The summed E-state index contributed by atoms with van der Waals surface area (Å²) >= 11 is 0. The first-order valence-electron chi connectivity index (χ1n) is 12.6. The summed E-state index contributed by atoms with van der Waals surface area (Å²) < 4.78 is 0. The van der Waals surface area contributed by atoms with Crippen LogP contribution in [0.4, 0.5) is 16.2 Å². The Morgan fingerprint density at radius 1 is 0.897 bits per heavy atom. The summed E-state index contributed by atoms with van der Waals surface area (Å²) in [7, 11) is 0. The highest BCUT2D eigenvalue weighted by atomic mass is 16.2. The minimum Gasteiger partial charge on any atom is -0.369 e. The van der Waals surface area contributed by atoms with E-state index in [1.54, 1.807) is 53.7 Å². The number of nitrogens with two attached hydrogens (primary N) is 1. The van der Waals surface area contributed by atoms with Crippen LogP contribution in [0, 0.1) is 13.8 Å². The first kappa shape index (κ1) is 25.7. The molecule has 3 aromatic carbocycles. The Morgan fingerprint density at radius 2 is 1.51 bits per heavy atom. The van der Waals surface area contributed by atoms with Gasteiger partial charge in [-0.2, -0.15) is 0 Å². The maximum Gasteiger partial charge on any atom is 0.320 e. The van der Waals surface area contributed by atoms with Crippen molar-refractivity contribution in [3.05, 3.63) is 125 Å². The lowest BCUT2D eigenvalue weighted by Gasteiger charge is -2.36. The molecular weight excluding hydrogens is 490 g/mol. The molecule has 8 heteroatoms. The van der Waals surface area contributed by atoms with E-state index in [-0.39, 0.29) is 6.54 Å². The van der Waals surface area contributed by atoms with Crippen molar-refractivity contribution in [1.82, 2.24) is 10.3 Å². The van der Waals surface area contributed by atoms with Gasteiger partial charge in [0.2, 0.25) is 5.91 Å². The van der Waals surface area contributed by atoms with Gasteiger partial charge in [-0.1, -0.05) is 65.7 Å². The second-order valence-electron chi connectivity index (χ2n) is 9.76. The normalized spacial score (nSPS) is 16.9. The van der Waals surface area contributed by atoms with Gasteiger partial charge in [-0.3, -0.25) is 14.6 Å². The van der Waals surface area contributed by atoms with Crippen molar-refractivity contribution in [3.8, 4) is 0 Å². The lowest BCUT2D eigenvalue weighted by molar-refractivity contribution is -0.131. The third-order valence-electron chi connectivity index (χ3n) is 7.04. The highest BCUT2D eigenvalue weighted by molar-refractivity contribution is 6.13. The molecule has 8 nitrogen and oxygen atoms in total. The number of para-hydroxylation sites is 1. The monoisotopic (exact) mass is 519 g/mol. The highest BCUT2D eigenvalue weighted by Crippen LogP contribution is 2.49. The lowest BCUT2D eigenvalue weighted by Crippen LogP contribution is -2.60. The first-order chi connectivity index (χ1) is 18.8. The molecule has 2 heterocycles. The third-order valence-corrected chi connectivity index (χ3v) is 7.04. The van der Waals surface area contributed by atoms with E-state index >= 15 is 0 Å². The lowest BCUT2D eigenvalue weighted by atomic mass is 9.74. The van der Waals surface area contributed by atoms with Crippen LogP contribution in [0.15, 0.2) is 97.3 Å². The number of rotatable bonds is 7. The summed E-state index contributed by atoms with van der Waals surface area (Å²) in [6.07, 6.45) is 3.31. The van der Waals surface area contributed by atoms with Crippen molar-refractivity contribution in [1.29, 1.82) is 0 Å². The zero-order valence-electron chi connectivity index (χ0n) is 21.7. The van der Waals surface area contributed by atoms with E-state index in [1.165, 1.54) is 0 Å². The fourth-order valence-electron chi connectivity index (χ4n) is 5.14. The van der Waals surface area contributed by atoms with E-state index in [1.807, 2.05) is 62.4 Å². The number of benzene rings is 3. The van der Waals surface area contributed by atoms with Crippen LogP contribution in [0.2, 0.25) is 0 Å². The van der Waals surface area contributed by atoms with E-state index in [2.05, 4.69) is 15.6 Å². The van der Waals surface area contributed by atoms with Crippen molar-refractivity contribution in [2.45, 2.75) is 31.8 Å².